The van der Waals surface area contributed by atoms with Gasteiger partial charge in [-0.2, -0.15) is 5.26 Å². The molecule has 1 atom stereocenters. The Hall–Kier alpha value is -1.08. The second-order valence-corrected chi connectivity index (χ2v) is 5.85. The van der Waals surface area contributed by atoms with E-state index in [0.717, 1.165) is 38.2 Å². The zero-order valence-electron chi connectivity index (χ0n) is 12.0. The van der Waals surface area contributed by atoms with Gasteiger partial charge in [0.25, 0.3) is 0 Å². The van der Waals surface area contributed by atoms with Crippen LogP contribution in [0, 0.1) is 11.3 Å². The van der Waals surface area contributed by atoms with Gasteiger partial charge in [0.2, 0.25) is 0 Å². The Morgan fingerprint density at radius 3 is 2.95 bits per heavy atom. The average molecular weight is 292 g/mol. The molecule has 0 saturated carbocycles. The Balaban J connectivity index is 2.01. The van der Waals surface area contributed by atoms with Crippen LogP contribution >= 0.6 is 11.6 Å². The summed E-state index contributed by atoms with van der Waals surface area (Å²) in [6, 6.07) is 8.32. The van der Waals surface area contributed by atoms with Gasteiger partial charge in [0.15, 0.2) is 0 Å². The van der Waals surface area contributed by atoms with Crippen LogP contribution in [0.25, 0.3) is 0 Å². The van der Waals surface area contributed by atoms with Crippen LogP contribution in [0.2, 0.25) is 5.02 Å². The first-order valence-electron chi connectivity index (χ1n) is 7.37. The molecule has 2 rings (SSSR count). The standard InChI is InChI=1S/C16H22ClN3/c1-2-8-20(12-15-4-3-7-19-15)11-14-6-5-13(10-18)9-16(14)17/h5-6,9,15,19H,2-4,7-8,11-12H2,1H3. The van der Waals surface area contributed by atoms with Crippen molar-refractivity contribution in [2.45, 2.75) is 38.8 Å². The van der Waals surface area contributed by atoms with Gasteiger partial charge in [-0.1, -0.05) is 24.6 Å². The summed E-state index contributed by atoms with van der Waals surface area (Å²) >= 11 is 6.28. The first-order chi connectivity index (χ1) is 9.72. The molecule has 1 heterocycles. The third-order valence-corrected chi connectivity index (χ3v) is 4.11. The van der Waals surface area contributed by atoms with Crippen LogP contribution in [0.3, 0.4) is 0 Å². The maximum Gasteiger partial charge on any atom is 0.0992 e. The van der Waals surface area contributed by atoms with E-state index >= 15 is 0 Å². The Morgan fingerprint density at radius 2 is 2.35 bits per heavy atom. The predicted molar refractivity (Wildman–Crippen MR) is 82.8 cm³/mol. The highest BCUT2D eigenvalue weighted by Gasteiger charge is 2.18. The van der Waals surface area contributed by atoms with Gasteiger partial charge in [0.1, 0.15) is 0 Å². The van der Waals surface area contributed by atoms with Crippen molar-refractivity contribution in [3.63, 3.8) is 0 Å². The van der Waals surface area contributed by atoms with Gasteiger partial charge < -0.3 is 5.32 Å². The first-order valence-corrected chi connectivity index (χ1v) is 7.75. The van der Waals surface area contributed by atoms with Crippen molar-refractivity contribution in [3.8, 4) is 6.07 Å². The van der Waals surface area contributed by atoms with Crippen molar-refractivity contribution in [3.05, 3.63) is 34.3 Å². The fourth-order valence-corrected chi connectivity index (χ4v) is 3.00. The molecule has 1 N–H and O–H groups in total. The molecule has 0 bridgehead atoms. The lowest BCUT2D eigenvalue weighted by Gasteiger charge is -2.25. The topological polar surface area (TPSA) is 39.1 Å². The highest BCUT2D eigenvalue weighted by molar-refractivity contribution is 6.31. The van der Waals surface area contributed by atoms with E-state index in [1.165, 1.54) is 12.8 Å². The van der Waals surface area contributed by atoms with E-state index in [-0.39, 0.29) is 0 Å². The fourth-order valence-electron chi connectivity index (χ4n) is 2.76. The van der Waals surface area contributed by atoms with Crippen molar-refractivity contribution < 1.29 is 0 Å². The minimum absolute atomic E-state index is 0.610. The summed E-state index contributed by atoms with van der Waals surface area (Å²) in [6.07, 6.45) is 3.68. The van der Waals surface area contributed by atoms with Crippen LogP contribution in [-0.2, 0) is 6.54 Å². The quantitative estimate of drug-likeness (QED) is 0.875. The molecule has 1 aromatic carbocycles. The lowest BCUT2D eigenvalue weighted by atomic mass is 10.1. The van der Waals surface area contributed by atoms with Gasteiger partial charge in [-0.15, -0.1) is 0 Å². The minimum atomic E-state index is 0.610. The highest BCUT2D eigenvalue weighted by atomic mass is 35.5. The number of hydrogen-bond acceptors (Lipinski definition) is 3. The van der Waals surface area contributed by atoms with Gasteiger partial charge in [-0.25, -0.2) is 0 Å². The number of nitrogens with zero attached hydrogens (tertiary/aromatic N) is 2. The molecule has 0 spiro atoms. The molecule has 3 nitrogen and oxygen atoms in total. The number of nitrogens with one attached hydrogen (secondary N) is 1. The van der Waals surface area contributed by atoms with Gasteiger partial charge >= 0.3 is 0 Å². The van der Waals surface area contributed by atoms with Crippen molar-refractivity contribution in [2.24, 2.45) is 0 Å². The van der Waals surface area contributed by atoms with Crippen molar-refractivity contribution in [1.29, 1.82) is 5.26 Å². The van der Waals surface area contributed by atoms with Crippen molar-refractivity contribution in [1.82, 2.24) is 10.2 Å². The third kappa shape index (κ3) is 4.21. The van der Waals surface area contributed by atoms with Gasteiger partial charge in [-0.3, -0.25) is 4.90 Å². The number of nitriles is 1. The van der Waals surface area contributed by atoms with E-state index in [9.17, 15) is 0 Å². The third-order valence-electron chi connectivity index (χ3n) is 3.76. The molecular formula is C16H22ClN3. The van der Waals surface area contributed by atoms with Crippen LogP contribution < -0.4 is 5.32 Å². The van der Waals surface area contributed by atoms with Crippen LogP contribution in [0.5, 0.6) is 0 Å². The summed E-state index contributed by atoms with van der Waals surface area (Å²) in [5.74, 6) is 0. The van der Waals surface area contributed by atoms with E-state index in [2.05, 4.69) is 23.2 Å². The second-order valence-electron chi connectivity index (χ2n) is 5.45. The lowest BCUT2D eigenvalue weighted by molar-refractivity contribution is 0.241. The number of hydrogen-bond donors (Lipinski definition) is 1. The molecule has 108 valence electrons. The van der Waals surface area contributed by atoms with Crippen molar-refractivity contribution in [2.75, 3.05) is 19.6 Å². The fraction of sp³-hybridized carbons (Fsp3) is 0.562. The highest BCUT2D eigenvalue weighted by Crippen LogP contribution is 2.20. The monoisotopic (exact) mass is 291 g/mol. The van der Waals surface area contributed by atoms with Crippen LogP contribution in [0.4, 0.5) is 0 Å². The van der Waals surface area contributed by atoms with E-state index in [0.29, 0.717) is 16.6 Å². The summed E-state index contributed by atoms with van der Waals surface area (Å²) in [4.78, 5) is 2.45. The van der Waals surface area contributed by atoms with Gasteiger partial charge in [0.05, 0.1) is 11.6 Å². The lowest BCUT2D eigenvalue weighted by Crippen LogP contribution is -2.37. The maximum atomic E-state index is 8.88. The summed E-state index contributed by atoms with van der Waals surface area (Å²) < 4.78 is 0. The molecule has 0 aliphatic carbocycles. The number of benzene rings is 1. The molecule has 1 unspecified atom stereocenters. The van der Waals surface area contributed by atoms with Crippen LogP contribution in [0.15, 0.2) is 18.2 Å². The van der Waals surface area contributed by atoms with Gasteiger partial charge in [0, 0.05) is 24.2 Å². The Morgan fingerprint density at radius 1 is 1.50 bits per heavy atom. The second kappa shape index (κ2) is 7.64. The van der Waals surface area contributed by atoms with E-state index < -0.39 is 0 Å². The smallest absolute Gasteiger partial charge is 0.0992 e. The number of halogens is 1. The molecular weight excluding hydrogens is 270 g/mol. The zero-order chi connectivity index (χ0) is 14.4. The molecule has 0 radical (unpaired) electrons. The first kappa shape index (κ1) is 15.3. The molecule has 1 aromatic rings. The molecule has 1 saturated heterocycles. The normalized spacial score (nSPS) is 18.4. The minimum Gasteiger partial charge on any atom is -0.313 e. The molecule has 0 amide bonds. The Bertz CT molecular complexity index is 475. The SMILES string of the molecule is CCCN(Cc1ccc(C#N)cc1Cl)CC1CCCN1. The largest absolute Gasteiger partial charge is 0.313 e. The molecule has 1 aliphatic heterocycles. The Kier molecular flexibility index (Phi) is 5.85. The summed E-state index contributed by atoms with van der Waals surface area (Å²) in [7, 11) is 0. The maximum absolute atomic E-state index is 8.88. The summed E-state index contributed by atoms with van der Waals surface area (Å²) in [5, 5.41) is 13.1. The molecule has 4 heteroatoms. The van der Waals surface area contributed by atoms with Gasteiger partial charge in [-0.05, 0) is 50.0 Å². The molecule has 1 aliphatic rings. The summed E-state index contributed by atoms with van der Waals surface area (Å²) in [6.45, 7) is 6.35. The van der Waals surface area contributed by atoms with Crippen molar-refractivity contribution >= 4 is 11.6 Å². The van der Waals surface area contributed by atoms with Crippen LogP contribution in [0.1, 0.15) is 37.3 Å². The van der Waals surface area contributed by atoms with E-state index in [4.69, 9.17) is 16.9 Å². The average Bonchev–Trinajstić information content (AvgIpc) is 2.94. The van der Waals surface area contributed by atoms with E-state index in [1.54, 1.807) is 6.07 Å². The summed E-state index contributed by atoms with van der Waals surface area (Å²) in [5.41, 5.74) is 1.73. The molecule has 20 heavy (non-hydrogen) atoms. The van der Waals surface area contributed by atoms with E-state index in [1.807, 2.05) is 12.1 Å². The molecule has 0 aromatic heterocycles. The zero-order valence-corrected chi connectivity index (χ0v) is 12.8. The molecule has 1 fully saturated rings. The predicted octanol–water partition coefficient (Wildman–Crippen LogP) is 3.18. The van der Waals surface area contributed by atoms with Crippen LogP contribution in [-0.4, -0.2) is 30.6 Å². The number of rotatable bonds is 6. The Labute approximate surface area is 126 Å².